The van der Waals surface area contributed by atoms with Crippen LogP contribution >= 0.6 is 0 Å². The highest BCUT2D eigenvalue weighted by molar-refractivity contribution is 5.96. The molecule has 3 aromatic rings. The molecule has 10 heteroatoms. The van der Waals surface area contributed by atoms with Crippen LogP contribution in [0.5, 0.6) is 11.5 Å². The quantitative estimate of drug-likeness (QED) is 0.219. The number of nitrogens with zero attached hydrogens (tertiary/aromatic N) is 1. The van der Waals surface area contributed by atoms with Crippen molar-refractivity contribution < 1.29 is 34.4 Å². The Bertz CT molecular complexity index is 1620. The minimum absolute atomic E-state index is 0.0295. The van der Waals surface area contributed by atoms with Gasteiger partial charge < -0.3 is 40.0 Å². The number of H-pyrrole nitrogens is 1. The Hall–Kier alpha value is -3.86. The van der Waals surface area contributed by atoms with E-state index in [9.17, 15) is 24.9 Å². The summed E-state index contributed by atoms with van der Waals surface area (Å²) in [6.07, 6.45) is 5.36. The fourth-order valence-electron chi connectivity index (χ4n) is 8.54. The van der Waals surface area contributed by atoms with Gasteiger partial charge in [-0.3, -0.25) is 9.59 Å². The molecule has 3 aliphatic carbocycles. The molecule has 0 saturated heterocycles. The Kier molecular flexibility index (Phi) is 8.52. The third-order valence-electron chi connectivity index (χ3n) is 10.7. The second-order valence-electron chi connectivity index (χ2n) is 13.4. The smallest absolute Gasteiger partial charge is 0.247 e. The number of nitrogens with one attached hydrogen (secondary N) is 2. The Balaban J connectivity index is 1.25. The number of aliphatic hydroxyl groups excluding tert-OH is 3. The lowest BCUT2D eigenvalue weighted by atomic mass is 9.77. The molecule has 46 heavy (non-hydrogen) atoms. The number of amides is 2. The van der Waals surface area contributed by atoms with Gasteiger partial charge in [0.1, 0.15) is 12.2 Å². The van der Waals surface area contributed by atoms with E-state index in [1.54, 1.807) is 23.1 Å². The molecule has 4 aliphatic rings. The van der Waals surface area contributed by atoms with Crippen LogP contribution in [0.15, 0.2) is 54.1 Å². The highest BCUT2D eigenvalue weighted by Gasteiger charge is 2.52. The van der Waals surface area contributed by atoms with E-state index in [0.717, 1.165) is 23.0 Å². The zero-order valence-corrected chi connectivity index (χ0v) is 26.2. The van der Waals surface area contributed by atoms with Crippen molar-refractivity contribution in [1.29, 1.82) is 0 Å². The van der Waals surface area contributed by atoms with Gasteiger partial charge in [-0.25, -0.2) is 0 Å². The first-order valence-corrected chi connectivity index (χ1v) is 16.5. The van der Waals surface area contributed by atoms with Crippen molar-refractivity contribution in [2.75, 3.05) is 26.8 Å². The molecule has 2 fully saturated rings. The van der Waals surface area contributed by atoms with Crippen LogP contribution in [0.1, 0.15) is 54.8 Å². The summed E-state index contributed by atoms with van der Waals surface area (Å²) >= 11 is 0. The maximum atomic E-state index is 14.3. The summed E-state index contributed by atoms with van der Waals surface area (Å²) in [5.41, 5.74) is 3.58. The maximum absolute atomic E-state index is 14.3. The predicted octanol–water partition coefficient (Wildman–Crippen LogP) is 3.19. The number of fused-ring (bicyclic) bond motifs is 6. The second kappa shape index (κ2) is 12.7. The molecule has 2 aromatic carbocycles. The number of hydrogen-bond acceptors (Lipinski definition) is 7. The number of aliphatic hydroxyl groups is 3. The van der Waals surface area contributed by atoms with Crippen LogP contribution < -0.4 is 14.8 Å². The van der Waals surface area contributed by atoms with Crippen LogP contribution in [0.2, 0.25) is 0 Å². The minimum Gasteiger partial charge on any atom is -0.493 e. The zero-order chi connectivity index (χ0) is 31.9. The summed E-state index contributed by atoms with van der Waals surface area (Å²) in [6.45, 7) is -0.0608. The van der Waals surface area contributed by atoms with Crippen LogP contribution in [-0.2, 0) is 22.6 Å². The van der Waals surface area contributed by atoms with Crippen LogP contribution in [-0.4, -0.2) is 82.1 Å². The van der Waals surface area contributed by atoms with E-state index in [-0.39, 0.29) is 25.7 Å². The fourth-order valence-corrected chi connectivity index (χ4v) is 8.54. The van der Waals surface area contributed by atoms with E-state index >= 15 is 0 Å². The van der Waals surface area contributed by atoms with Crippen LogP contribution in [0.25, 0.3) is 10.9 Å². The van der Waals surface area contributed by atoms with Crippen LogP contribution in [0.4, 0.5) is 0 Å². The van der Waals surface area contributed by atoms with Gasteiger partial charge in [-0.2, -0.15) is 0 Å². The molecule has 7 rings (SSSR count). The van der Waals surface area contributed by atoms with Gasteiger partial charge in [0.15, 0.2) is 11.5 Å². The summed E-state index contributed by atoms with van der Waals surface area (Å²) in [5.74, 6) is 1.33. The topological polar surface area (TPSA) is 144 Å². The number of methoxy groups -OCH3 is 1. The molecular weight excluding hydrogens is 586 g/mol. The number of carbonyl (C=O) groups is 2. The van der Waals surface area contributed by atoms with Crippen molar-refractivity contribution in [3.05, 3.63) is 70.9 Å². The maximum Gasteiger partial charge on any atom is 0.247 e. The van der Waals surface area contributed by atoms with E-state index in [4.69, 9.17) is 9.47 Å². The van der Waals surface area contributed by atoms with E-state index in [2.05, 4.69) is 16.4 Å². The lowest BCUT2D eigenvalue weighted by molar-refractivity contribution is -0.138. The predicted molar refractivity (Wildman–Crippen MR) is 171 cm³/mol. The standard InChI is InChI=1S/C36H43N3O7/c1-45-30-15-21(19-41)14-26-32-27(36(44)37-9-11-40)18-29(33(43)35(32)46-34(26)30)39(31(42)17-24-13-20-6-7-22(24)12-20)10-8-25-16-23-4-2-3-5-28(23)38-25/h2-5,14-16,18,20,22,24,29,32-33,35,38,40-41,43H,6-13,17,19H2,1H3,(H,37,44). The highest BCUT2D eigenvalue weighted by Crippen LogP contribution is 2.52. The summed E-state index contributed by atoms with van der Waals surface area (Å²) in [4.78, 5) is 33.2. The number of hydrogen-bond donors (Lipinski definition) is 5. The number of aromatic nitrogens is 1. The molecule has 2 heterocycles. The van der Waals surface area contributed by atoms with Gasteiger partial charge in [0.05, 0.1) is 32.3 Å². The Morgan fingerprint density at radius 3 is 2.70 bits per heavy atom. The molecule has 2 saturated carbocycles. The average Bonchev–Trinajstić information content (AvgIpc) is 3.87. The molecule has 0 spiro atoms. The van der Waals surface area contributed by atoms with Gasteiger partial charge in [-0.05, 0) is 78.3 Å². The second-order valence-corrected chi connectivity index (χ2v) is 13.4. The van der Waals surface area contributed by atoms with Crippen molar-refractivity contribution >= 4 is 22.7 Å². The molecule has 7 unspecified atom stereocenters. The van der Waals surface area contributed by atoms with Crippen LogP contribution in [0, 0.1) is 17.8 Å². The number of benzene rings is 2. The first kappa shape index (κ1) is 30.8. The lowest BCUT2D eigenvalue weighted by Crippen LogP contribution is -2.56. The van der Waals surface area contributed by atoms with Crippen LogP contribution in [0.3, 0.4) is 0 Å². The molecule has 1 aromatic heterocycles. The lowest BCUT2D eigenvalue weighted by Gasteiger charge is -2.41. The van der Waals surface area contributed by atoms with Gasteiger partial charge in [-0.1, -0.05) is 24.6 Å². The summed E-state index contributed by atoms with van der Waals surface area (Å²) in [7, 11) is 1.51. The third kappa shape index (κ3) is 5.56. The van der Waals surface area contributed by atoms with Crippen molar-refractivity contribution in [3.63, 3.8) is 0 Å². The molecule has 7 atom stereocenters. The van der Waals surface area contributed by atoms with Gasteiger partial charge >= 0.3 is 0 Å². The van der Waals surface area contributed by atoms with Crippen molar-refractivity contribution in [2.24, 2.45) is 17.8 Å². The Labute approximate surface area is 268 Å². The van der Waals surface area contributed by atoms with Crippen molar-refractivity contribution in [2.45, 2.75) is 69.3 Å². The fraction of sp³-hybridized carbons (Fsp3) is 0.500. The minimum atomic E-state index is -1.14. The Morgan fingerprint density at radius 1 is 1.13 bits per heavy atom. The third-order valence-corrected chi connectivity index (χ3v) is 10.7. The average molecular weight is 630 g/mol. The van der Waals surface area contributed by atoms with Gasteiger partial charge in [0.2, 0.25) is 11.8 Å². The van der Waals surface area contributed by atoms with Gasteiger partial charge in [0.25, 0.3) is 0 Å². The summed E-state index contributed by atoms with van der Waals surface area (Å²) < 4.78 is 12.0. The normalized spacial score (nSPS) is 27.6. The largest absolute Gasteiger partial charge is 0.493 e. The molecule has 2 amide bonds. The molecular formula is C36H43N3O7. The highest BCUT2D eigenvalue weighted by atomic mass is 16.5. The number of carbonyl (C=O) groups excluding carboxylic acids is 2. The van der Waals surface area contributed by atoms with Gasteiger partial charge in [-0.15, -0.1) is 0 Å². The SMILES string of the molecule is COc1cc(CO)cc2c1OC1C2C(C(=O)NCCO)=CC(N(CCc2cc3ccccc3[nH]2)C(=O)CC2CC3CCC2C3)C1O. The molecule has 5 N–H and O–H groups in total. The zero-order valence-electron chi connectivity index (χ0n) is 26.2. The first-order valence-electron chi connectivity index (χ1n) is 16.5. The first-order chi connectivity index (χ1) is 22.4. The monoisotopic (exact) mass is 629 g/mol. The number of ether oxygens (including phenoxy) is 2. The summed E-state index contributed by atoms with van der Waals surface area (Å²) in [6, 6.07) is 12.8. The summed E-state index contributed by atoms with van der Waals surface area (Å²) in [5, 5.41) is 35.3. The van der Waals surface area contributed by atoms with Gasteiger partial charge in [0, 0.05) is 48.3 Å². The van der Waals surface area contributed by atoms with E-state index in [0.29, 0.717) is 65.3 Å². The van der Waals surface area contributed by atoms with E-state index < -0.39 is 30.1 Å². The van der Waals surface area contributed by atoms with E-state index in [1.807, 2.05) is 24.3 Å². The van der Waals surface area contributed by atoms with Crippen molar-refractivity contribution in [1.82, 2.24) is 15.2 Å². The number of aromatic amines is 1. The molecule has 2 bridgehead atoms. The Morgan fingerprint density at radius 2 is 1.98 bits per heavy atom. The molecule has 0 radical (unpaired) electrons. The molecule has 1 aliphatic heterocycles. The molecule has 244 valence electrons. The van der Waals surface area contributed by atoms with E-state index in [1.165, 1.54) is 26.4 Å². The number of rotatable bonds is 11. The number of para-hydroxylation sites is 1. The van der Waals surface area contributed by atoms with Crippen molar-refractivity contribution in [3.8, 4) is 11.5 Å². The molecule has 10 nitrogen and oxygen atoms in total.